The first-order valence-corrected chi connectivity index (χ1v) is 14.7. The smallest absolute Gasteiger partial charge is 0.281 e. The second-order valence-electron chi connectivity index (χ2n) is 11.1. The number of fused-ring (bicyclic) bond motifs is 1. The molecule has 3 aromatic rings. The maximum Gasteiger partial charge on any atom is 0.281 e. The largest absolute Gasteiger partial charge is 0.338 e. The normalized spacial score (nSPS) is 18.8. The number of carbonyl (C=O) groups excluding carboxylic acids is 4. The molecule has 3 aliphatic heterocycles. The second-order valence-corrected chi connectivity index (χ2v) is 11.5. The Bertz CT molecular complexity index is 1750. The molecule has 1 atom stereocenters. The monoisotopic (exact) mass is 619 g/mol. The van der Waals surface area contributed by atoms with Gasteiger partial charge in [-0.25, -0.2) is 13.5 Å². The van der Waals surface area contributed by atoms with E-state index in [1.165, 1.54) is 11.8 Å². The minimum Gasteiger partial charge on any atom is -0.338 e. The first kappa shape index (κ1) is 29.5. The molecule has 0 saturated carbocycles. The van der Waals surface area contributed by atoms with Crippen LogP contribution >= 0.6 is 11.6 Å². The van der Waals surface area contributed by atoms with Crippen LogP contribution in [0, 0.1) is 24.7 Å². The van der Waals surface area contributed by atoms with Crippen LogP contribution in [0.3, 0.4) is 0 Å². The lowest BCUT2D eigenvalue weighted by Gasteiger charge is -2.30. The number of aryl methyl sites for hydroxylation is 1. The number of benzene rings is 2. The number of aromatic nitrogens is 2. The van der Waals surface area contributed by atoms with Crippen molar-refractivity contribution >= 4 is 35.2 Å². The van der Waals surface area contributed by atoms with Gasteiger partial charge in [0.2, 0.25) is 11.8 Å². The molecule has 1 N–H and O–H groups in total. The zero-order valence-electron chi connectivity index (χ0n) is 23.8. The van der Waals surface area contributed by atoms with Gasteiger partial charge in [0.25, 0.3) is 18.2 Å². The summed E-state index contributed by atoms with van der Waals surface area (Å²) in [6, 6.07) is 11.1. The lowest BCUT2D eigenvalue weighted by molar-refractivity contribution is -0.136. The van der Waals surface area contributed by atoms with Gasteiger partial charge >= 0.3 is 0 Å². The average molecular weight is 620 g/mol. The molecule has 12 heteroatoms. The van der Waals surface area contributed by atoms with Crippen molar-refractivity contribution in [1.29, 1.82) is 0 Å². The van der Waals surface area contributed by atoms with Crippen molar-refractivity contribution in [1.82, 2.24) is 24.9 Å². The van der Waals surface area contributed by atoms with Gasteiger partial charge in [0.05, 0.1) is 22.0 Å². The van der Waals surface area contributed by atoms with Gasteiger partial charge in [0.15, 0.2) is 0 Å². The van der Waals surface area contributed by atoms with Gasteiger partial charge in [-0.2, -0.15) is 5.10 Å². The standard InChI is InChI=1S/C32H28ClF2N5O4/c1-18-27(28(29(34)35)40(37-18)24-8-3-2-7-23(24)33)32(44)38-15-13-19(14-16-38)9-10-20-5-4-6-21-22(20)17-39(31(21)43)25-11-12-26(41)36-30(25)42/h2-8,19,25,29H,11-17H2,1H3,(H,36,41,42). The number of piperidine rings is 2. The van der Waals surface area contributed by atoms with E-state index in [0.29, 0.717) is 37.1 Å². The lowest BCUT2D eigenvalue weighted by atomic mass is 9.95. The molecule has 226 valence electrons. The van der Waals surface area contributed by atoms with Gasteiger partial charge in [-0.3, -0.25) is 24.5 Å². The topological polar surface area (TPSA) is 105 Å². The zero-order valence-corrected chi connectivity index (χ0v) is 24.5. The highest BCUT2D eigenvalue weighted by Crippen LogP contribution is 2.33. The number of imide groups is 1. The molecule has 0 aliphatic carbocycles. The number of para-hydroxylation sites is 1. The molecule has 4 amide bonds. The third-order valence-electron chi connectivity index (χ3n) is 8.37. The lowest BCUT2D eigenvalue weighted by Crippen LogP contribution is -2.52. The minimum atomic E-state index is -2.94. The van der Waals surface area contributed by atoms with E-state index < -0.39 is 30.0 Å². The van der Waals surface area contributed by atoms with Gasteiger partial charge in [-0.15, -0.1) is 0 Å². The highest BCUT2D eigenvalue weighted by Gasteiger charge is 2.40. The predicted octanol–water partition coefficient (Wildman–Crippen LogP) is 4.44. The molecule has 1 unspecified atom stereocenters. The molecule has 1 aromatic heterocycles. The molecule has 2 saturated heterocycles. The van der Waals surface area contributed by atoms with Gasteiger partial charge in [0.1, 0.15) is 11.7 Å². The Morgan fingerprint density at radius 3 is 2.52 bits per heavy atom. The second kappa shape index (κ2) is 11.8. The number of hydrogen-bond donors (Lipinski definition) is 1. The number of alkyl halides is 2. The summed E-state index contributed by atoms with van der Waals surface area (Å²) in [4.78, 5) is 53.6. The number of amides is 4. The molecule has 0 spiro atoms. The number of nitrogens with one attached hydrogen (secondary N) is 1. The van der Waals surface area contributed by atoms with Gasteiger partial charge in [-0.05, 0) is 56.0 Å². The molecule has 2 fully saturated rings. The summed E-state index contributed by atoms with van der Waals surface area (Å²) < 4.78 is 29.7. The fraction of sp³-hybridized carbons (Fsp3) is 0.344. The van der Waals surface area contributed by atoms with Gasteiger partial charge in [0, 0.05) is 43.1 Å². The summed E-state index contributed by atoms with van der Waals surface area (Å²) in [5, 5.41) is 6.80. The van der Waals surface area contributed by atoms with Crippen LogP contribution in [-0.4, -0.2) is 62.3 Å². The zero-order chi connectivity index (χ0) is 31.1. The van der Waals surface area contributed by atoms with Crippen molar-refractivity contribution < 1.29 is 28.0 Å². The Labute approximate surface area is 257 Å². The molecule has 44 heavy (non-hydrogen) atoms. The van der Waals surface area contributed by atoms with Crippen molar-refractivity contribution in [3.8, 4) is 17.5 Å². The van der Waals surface area contributed by atoms with Crippen molar-refractivity contribution in [3.63, 3.8) is 0 Å². The molecular formula is C32H28ClF2N5O4. The highest BCUT2D eigenvalue weighted by atomic mass is 35.5. The summed E-state index contributed by atoms with van der Waals surface area (Å²) in [6.45, 7) is 2.44. The van der Waals surface area contributed by atoms with Crippen LogP contribution in [0.2, 0.25) is 5.02 Å². The first-order chi connectivity index (χ1) is 21.1. The Morgan fingerprint density at radius 1 is 1.07 bits per heavy atom. The molecule has 0 radical (unpaired) electrons. The van der Waals surface area contributed by atoms with Crippen LogP contribution in [0.4, 0.5) is 8.78 Å². The number of halogens is 3. The Morgan fingerprint density at radius 2 is 1.82 bits per heavy atom. The maximum atomic E-state index is 14.3. The van der Waals surface area contributed by atoms with E-state index in [0.717, 1.165) is 10.2 Å². The van der Waals surface area contributed by atoms with Crippen LogP contribution < -0.4 is 5.32 Å². The van der Waals surface area contributed by atoms with E-state index in [2.05, 4.69) is 22.3 Å². The van der Waals surface area contributed by atoms with Gasteiger partial charge in [-0.1, -0.05) is 41.6 Å². The Kier molecular flexibility index (Phi) is 7.95. The fourth-order valence-electron chi connectivity index (χ4n) is 6.09. The van der Waals surface area contributed by atoms with Crippen LogP contribution in [-0.2, 0) is 16.1 Å². The van der Waals surface area contributed by atoms with E-state index in [1.54, 1.807) is 41.3 Å². The summed E-state index contributed by atoms with van der Waals surface area (Å²) in [7, 11) is 0. The van der Waals surface area contributed by atoms with E-state index in [9.17, 15) is 28.0 Å². The van der Waals surface area contributed by atoms with Crippen molar-refractivity contribution in [2.24, 2.45) is 5.92 Å². The Hall–Kier alpha value is -4.56. The van der Waals surface area contributed by atoms with Crippen LogP contribution in [0.15, 0.2) is 42.5 Å². The number of hydrogen-bond acceptors (Lipinski definition) is 5. The maximum absolute atomic E-state index is 14.3. The van der Waals surface area contributed by atoms with Gasteiger partial charge < -0.3 is 9.80 Å². The van der Waals surface area contributed by atoms with Crippen LogP contribution in [0.5, 0.6) is 0 Å². The number of rotatable bonds is 4. The minimum absolute atomic E-state index is 0.0419. The van der Waals surface area contributed by atoms with Crippen LogP contribution in [0.1, 0.15) is 75.3 Å². The van der Waals surface area contributed by atoms with E-state index >= 15 is 0 Å². The molecule has 9 nitrogen and oxygen atoms in total. The molecule has 3 aliphatic rings. The van der Waals surface area contributed by atoms with E-state index in [4.69, 9.17) is 11.6 Å². The summed E-state index contributed by atoms with van der Waals surface area (Å²) in [5.41, 5.74) is 1.79. The van der Waals surface area contributed by atoms with Crippen molar-refractivity contribution in [2.45, 2.75) is 51.6 Å². The molecule has 0 bridgehead atoms. The Balaban J connectivity index is 1.15. The molecular weight excluding hydrogens is 592 g/mol. The third kappa shape index (κ3) is 5.35. The highest BCUT2D eigenvalue weighted by molar-refractivity contribution is 6.32. The van der Waals surface area contributed by atoms with Crippen molar-refractivity contribution in [2.75, 3.05) is 13.1 Å². The van der Waals surface area contributed by atoms with E-state index in [1.807, 2.05) is 6.07 Å². The van der Waals surface area contributed by atoms with E-state index in [-0.39, 0.29) is 59.1 Å². The molecule has 6 rings (SSSR count). The molecule has 4 heterocycles. The summed E-state index contributed by atoms with van der Waals surface area (Å²) in [6.07, 6.45) is -1.38. The summed E-state index contributed by atoms with van der Waals surface area (Å²) >= 11 is 6.25. The molecule has 2 aromatic carbocycles. The van der Waals surface area contributed by atoms with Crippen LogP contribution in [0.25, 0.3) is 5.69 Å². The SMILES string of the molecule is Cc1nn(-c2ccccc2Cl)c(C(F)F)c1C(=O)N1CCC(C#Cc2cccc3c2CN(C2CCC(=O)NC2=O)C3=O)CC1. The first-order valence-electron chi connectivity index (χ1n) is 14.3. The quantitative estimate of drug-likeness (QED) is 0.344. The number of carbonyl (C=O) groups is 4. The third-order valence-corrected chi connectivity index (χ3v) is 8.69. The average Bonchev–Trinajstić information content (AvgIpc) is 3.53. The number of likely N-dealkylation sites (tertiary alicyclic amines) is 1. The number of nitrogens with zero attached hydrogens (tertiary/aromatic N) is 4. The predicted molar refractivity (Wildman–Crippen MR) is 156 cm³/mol. The van der Waals surface area contributed by atoms with Crippen molar-refractivity contribution in [3.05, 3.63) is 81.1 Å². The summed E-state index contributed by atoms with van der Waals surface area (Å²) in [5.74, 6) is 4.85. The fourth-order valence-corrected chi connectivity index (χ4v) is 6.30.